The molecule has 2 aliphatic rings. The van der Waals surface area contributed by atoms with Crippen molar-refractivity contribution in [2.45, 2.75) is 24.9 Å². The summed E-state index contributed by atoms with van der Waals surface area (Å²) in [6, 6.07) is 16.9. The highest BCUT2D eigenvalue weighted by molar-refractivity contribution is 7.93. The van der Waals surface area contributed by atoms with Crippen LogP contribution in [0.15, 0.2) is 77.9 Å². The molecule has 1 aliphatic heterocycles. The lowest BCUT2D eigenvalue weighted by molar-refractivity contribution is -0.122. The van der Waals surface area contributed by atoms with Crippen LogP contribution in [0.3, 0.4) is 0 Å². The van der Waals surface area contributed by atoms with Crippen molar-refractivity contribution in [2.24, 2.45) is 13.0 Å². The van der Waals surface area contributed by atoms with Crippen molar-refractivity contribution in [3.63, 3.8) is 0 Å². The molecular formula is C26H25N5O4S. The van der Waals surface area contributed by atoms with Gasteiger partial charge >= 0.3 is 0 Å². The first kappa shape index (κ1) is 22.5. The minimum Gasteiger partial charge on any atom is -0.350 e. The number of rotatable bonds is 5. The lowest BCUT2D eigenvalue weighted by Gasteiger charge is -2.29. The zero-order chi connectivity index (χ0) is 25.0. The third kappa shape index (κ3) is 3.87. The van der Waals surface area contributed by atoms with Crippen LogP contribution in [0.4, 0.5) is 5.69 Å². The Bertz CT molecular complexity index is 1640. The monoisotopic (exact) mass is 503 g/mol. The number of fused-ring (bicyclic) bond motifs is 1. The first-order valence-electron chi connectivity index (χ1n) is 11.8. The van der Waals surface area contributed by atoms with E-state index in [1.807, 2.05) is 36.4 Å². The topological polar surface area (TPSA) is 106 Å². The van der Waals surface area contributed by atoms with Crippen molar-refractivity contribution in [1.29, 1.82) is 0 Å². The Hall–Kier alpha value is -3.92. The van der Waals surface area contributed by atoms with E-state index in [0.717, 1.165) is 35.0 Å². The molecule has 4 aromatic rings. The number of carbonyl (C=O) groups is 1. The quantitative estimate of drug-likeness (QED) is 0.451. The SMILES string of the molecule is Cn1cc(-n2ncc3cc(N4[C@H](c5ccccc5)[C@@H](NC(=O)C5CC5)CS4(=O)=O)ccc32)ccc1=O. The molecule has 0 radical (unpaired) electrons. The Morgan fingerprint density at radius 3 is 2.50 bits per heavy atom. The van der Waals surface area contributed by atoms with Gasteiger partial charge in [0.25, 0.3) is 0 Å². The fourth-order valence-electron chi connectivity index (χ4n) is 4.91. The second-order valence-electron chi connectivity index (χ2n) is 9.46. The lowest BCUT2D eigenvalue weighted by Crippen LogP contribution is -2.41. The molecule has 2 aromatic heterocycles. The highest BCUT2D eigenvalue weighted by atomic mass is 32.2. The summed E-state index contributed by atoms with van der Waals surface area (Å²) >= 11 is 0. The molecule has 9 nitrogen and oxygen atoms in total. The van der Waals surface area contributed by atoms with E-state index in [2.05, 4.69) is 10.4 Å². The van der Waals surface area contributed by atoms with Crippen LogP contribution in [0.25, 0.3) is 16.6 Å². The molecule has 1 saturated carbocycles. The minimum atomic E-state index is -3.71. The average Bonchev–Trinajstić information content (AvgIpc) is 3.57. The number of benzene rings is 2. The Kier molecular flexibility index (Phi) is 5.22. The molecule has 1 N–H and O–H groups in total. The maximum absolute atomic E-state index is 13.5. The van der Waals surface area contributed by atoms with Crippen LogP contribution >= 0.6 is 0 Å². The van der Waals surface area contributed by atoms with E-state index in [4.69, 9.17) is 0 Å². The zero-order valence-corrected chi connectivity index (χ0v) is 20.4. The van der Waals surface area contributed by atoms with Crippen molar-refractivity contribution in [3.05, 3.63) is 89.0 Å². The van der Waals surface area contributed by atoms with Crippen molar-refractivity contribution in [2.75, 3.05) is 10.1 Å². The van der Waals surface area contributed by atoms with E-state index < -0.39 is 22.1 Å². The number of hydrogen-bond acceptors (Lipinski definition) is 5. The Morgan fingerprint density at radius 2 is 1.78 bits per heavy atom. The van der Waals surface area contributed by atoms with Crippen molar-refractivity contribution in [3.8, 4) is 5.69 Å². The smallest absolute Gasteiger partial charge is 0.250 e. The van der Waals surface area contributed by atoms with Gasteiger partial charge in [-0.1, -0.05) is 30.3 Å². The molecule has 1 saturated heterocycles. The number of nitrogens with one attached hydrogen (secondary N) is 1. The number of aromatic nitrogens is 3. The van der Waals surface area contributed by atoms with Gasteiger partial charge in [-0.05, 0) is 42.7 Å². The van der Waals surface area contributed by atoms with Gasteiger partial charge in [-0.25, -0.2) is 13.1 Å². The number of pyridine rings is 1. The lowest BCUT2D eigenvalue weighted by atomic mass is 9.99. The summed E-state index contributed by atoms with van der Waals surface area (Å²) in [6.45, 7) is 0. The van der Waals surface area contributed by atoms with Crippen molar-refractivity contribution < 1.29 is 13.2 Å². The second kappa shape index (κ2) is 8.34. The molecule has 10 heteroatoms. The molecule has 36 heavy (non-hydrogen) atoms. The molecule has 1 amide bonds. The van der Waals surface area contributed by atoms with Crippen LogP contribution < -0.4 is 15.2 Å². The number of anilines is 1. The van der Waals surface area contributed by atoms with Crippen LogP contribution in [0.5, 0.6) is 0 Å². The average molecular weight is 504 g/mol. The summed E-state index contributed by atoms with van der Waals surface area (Å²) in [7, 11) is -2.03. The summed E-state index contributed by atoms with van der Waals surface area (Å²) < 4.78 is 31.6. The predicted molar refractivity (Wildman–Crippen MR) is 136 cm³/mol. The number of nitrogens with zero attached hydrogens (tertiary/aromatic N) is 4. The first-order chi connectivity index (χ1) is 17.3. The molecule has 1 aliphatic carbocycles. The summed E-state index contributed by atoms with van der Waals surface area (Å²) in [5.41, 5.74) is 2.72. The molecule has 2 fully saturated rings. The molecule has 2 aromatic carbocycles. The summed E-state index contributed by atoms with van der Waals surface area (Å²) in [5, 5.41) is 8.25. The molecule has 0 bridgehead atoms. The summed E-state index contributed by atoms with van der Waals surface area (Å²) in [4.78, 5) is 24.4. The van der Waals surface area contributed by atoms with Crippen LogP contribution in [0.2, 0.25) is 0 Å². The third-order valence-corrected chi connectivity index (χ3v) is 8.68. The van der Waals surface area contributed by atoms with Gasteiger partial charge in [0.15, 0.2) is 0 Å². The number of sulfonamides is 1. The van der Waals surface area contributed by atoms with E-state index >= 15 is 0 Å². The van der Waals surface area contributed by atoms with Gasteiger partial charge in [0.05, 0.1) is 40.9 Å². The fourth-order valence-corrected chi connectivity index (χ4v) is 6.84. The van der Waals surface area contributed by atoms with E-state index in [-0.39, 0.29) is 23.1 Å². The number of aryl methyl sites for hydroxylation is 1. The molecule has 0 spiro atoms. The minimum absolute atomic E-state index is 0.0159. The number of amides is 1. The maximum atomic E-state index is 13.5. The van der Waals surface area contributed by atoms with Crippen molar-refractivity contribution in [1.82, 2.24) is 19.7 Å². The van der Waals surface area contributed by atoms with Gasteiger partial charge in [-0.2, -0.15) is 5.10 Å². The highest BCUT2D eigenvalue weighted by Gasteiger charge is 2.47. The van der Waals surface area contributed by atoms with E-state index in [1.54, 1.807) is 42.3 Å². The Morgan fingerprint density at radius 1 is 1.03 bits per heavy atom. The zero-order valence-electron chi connectivity index (χ0n) is 19.6. The van der Waals surface area contributed by atoms with Crippen LogP contribution in [-0.2, 0) is 21.9 Å². The normalized spacial score (nSPS) is 21.1. The van der Waals surface area contributed by atoms with Gasteiger partial charge in [0, 0.05) is 30.6 Å². The van der Waals surface area contributed by atoms with Crippen LogP contribution in [-0.4, -0.2) is 40.5 Å². The molecule has 0 unspecified atom stereocenters. The largest absolute Gasteiger partial charge is 0.350 e. The van der Waals surface area contributed by atoms with Gasteiger partial charge in [0.2, 0.25) is 21.5 Å². The molecule has 2 atom stereocenters. The second-order valence-corrected chi connectivity index (χ2v) is 11.3. The molecule has 184 valence electrons. The van der Waals surface area contributed by atoms with Gasteiger partial charge in [-0.3, -0.25) is 13.9 Å². The van der Waals surface area contributed by atoms with E-state index in [9.17, 15) is 18.0 Å². The fraction of sp³-hybridized carbons (Fsp3) is 0.269. The molecular weight excluding hydrogens is 478 g/mol. The van der Waals surface area contributed by atoms with Crippen LogP contribution in [0.1, 0.15) is 24.4 Å². The van der Waals surface area contributed by atoms with E-state index in [0.29, 0.717) is 5.69 Å². The van der Waals surface area contributed by atoms with Gasteiger partial charge < -0.3 is 9.88 Å². The third-order valence-electron chi connectivity index (χ3n) is 6.86. The first-order valence-corrected chi connectivity index (χ1v) is 13.4. The standard InChI is InChI=1S/C26H25N5O4S/c1-29-15-21(10-12-24(29)32)30-23-11-9-20(13-19(23)14-27-30)31-25(17-5-3-2-4-6-17)22(16-36(31,34)35)28-26(33)18-7-8-18/h2-6,9-15,18,22,25H,7-8,16H2,1H3,(H,28,33)/t22-,25+/m0/s1. The summed E-state index contributed by atoms with van der Waals surface area (Å²) in [6.07, 6.45) is 5.07. The highest BCUT2D eigenvalue weighted by Crippen LogP contribution is 2.40. The number of carbonyl (C=O) groups excluding carboxylic acids is 1. The Labute approximate surface area is 208 Å². The summed E-state index contributed by atoms with van der Waals surface area (Å²) in [5.74, 6) is -0.259. The van der Waals surface area contributed by atoms with Gasteiger partial charge in [0.1, 0.15) is 0 Å². The number of hydrogen-bond donors (Lipinski definition) is 1. The maximum Gasteiger partial charge on any atom is 0.250 e. The Balaban J connectivity index is 1.42. The van der Waals surface area contributed by atoms with Crippen LogP contribution in [0, 0.1) is 5.92 Å². The predicted octanol–water partition coefficient (Wildman–Crippen LogP) is 2.51. The molecule has 6 rings (SSSR count). The van der Waals surface area contributed by atoms with Gasteiger partial charge in [-0.15, -0.1) is 0 Å². The van der Waals surface area contributed by atoms with E-state index in [1.165, 1.54) is 14.9 Å². The van der Waals surface area contributed by atoms with Crippen molar-refractivity contribution >= 4 is 32.5 Å². The molecule has 3 heterocycles.